The van der Waals surface area contributed by atoms with Crippen molar-refractivity contribution < 1.29 is 18.8 Å². The van der Waals surface area contributed by atoms with Gasteiger partial charge in [-0.15, -0.1) is 0 Å². The van der Waals surface area contributed by atoms with Gasteiger partial charge in [-0.25, -0.2) is 4.39 Å². The molecule has 0 N–H and O–H groups in total. The van der Waals surface area contributed by atoms with Crippen LogP contribution in [-0.2, 0) is 15.0 Å². The van der Waals surface area contributed by atoms with Crippen LogP contribution in [0.25, 0.3) is 0 Å². The van der Waals surface area contributed by atoms with Crippen molar-refractivity contribution in [1.29, 1.82) is 0 Å². The van der Waals surface area contributed by atoms with E-state index in [1.54, 1.807) is 13.8 Å². The Bertz CT molecular complexity index is 465. The van der Waals surface area contributed by atoms with Gasteiger partial charge in [0.1, 0.15) is 19.0 Å². The van der Waals surface area contributed by atoms with E-state index in [1.165, 1.54) is 18.2 Å². The Hall–Kier alpha value is -1.53. The van der Waals surface area contributed by atoms with Crippen molar-refractivity contribution >= 4 is 0 Å². The molecule has 98 valence electrons. The summed E-state index contributed by atoms with van der Waals surface area (Å²) in [6, 6.07) is 5.34. The Kier molecular flexibility index (Phi) is 3.08. The summed E-state index contributed by atoms with van der Waals surface area (Å²) < 4.78 is 23.9. The second kappa shape index (κ2) is 4.29. The molecule has 6 heteroatoms. The first kappa shape index (κ1) is 12.9. The van der Waals surface area contributed by atoms with Crippen LogP contribution >= 0.6 is 0 Å². The van der Waals surface area contributed by atoms with Gasteiger partial charge in [-0.1, -0.05) is 12.1 Å². The predicted octanol–water partition coefficient (Wildman–Crippen LogP) is 2.08. The van der Waals surface area contributed by atoms with Crippen LogP contribution in [0.5, 0.6) is 0 Å². The molecule has 0 atom stereocenters. The van der Waals surface area contributed by atoms with Crippen LogP contribution in [0.2, 0.25) is 0 Å². The zero-order valence-electron chi connectivity index (χ0n) is 10.2. The molecule has 0 aromatic heterocycles. The third-order valence-electron chi connectivity index (χ3n) is 3.03. The van der Waals surface area contributed by atoms with E-state index < -0.39 is 22.1 Å². The standard InChI is InChI=1S/C12H14FNO4/c1-11(2)17-7-12(8-18-11,14(15)16)9-4-3-5-10(13)6-9/h3-6H,7-8H2,1-2H3. The number of benzene rings is 1. The number of nitro groups is 1. The first-order valence-corrected chi connectivity index (χ1v) is 5.54. The van der Waals surface area contributed by atoms with Crippen molar-refractivity contribution in [3.05, 3.63) is 45.8 Å². The Morgan fingerprint density at radius 3 is 2.44 bits per heavy atom. The van der Waals surface area contributed by atoms with Crippen molar-refractivity contribution in [2.75, 3.05) is 13.2 Å². The first-order valence-electron chi connectivity index (χ1n) is 5.54. The van der Waals surface area contributed by atoms with Gasteiger partial charge < -0.3 is 9.47 Å². The summed E-state index contributed by atoms with van der Waals surface area (Å²) >= 11 is 0. The van der Waals surface area contributed by atoms with Crippen molar-refractivity contribution in [3.8, 4) is 0 Å². The lowest BCUT2D eigenvalue weighted by Crippen LogP contribution is -2.53. The van der Waals surface area contributed by atoms with Gasteiger partial charge in [0.2, 0.25) is 0 Å². The van der Waals surface area contributed by atoms with Gasteiger partial charge in [0.15, 0.2) is 5.79 Å². The summed E-state index contributed by atoms with van der Waals surface area (Å²) in [5.41, 5.74) is -1.29. The fraction of sp³-hybridized carbons (Fsp3) is 0.500. The highest BCUT2D eigenvalue weighted by atomic mass is 19.1. The number of hydrogen-bond donors (Lipinski definition) is 0. The topological polar surface area (TPSA) is 61.6 Å². The second-order valence-corrected chi connectivity index (χ2v) is 4.78. The van der Waals surface area contributed by atoms with E-state index in [4.69, 9.17) is 9.47 Å². The lowest BCUT2D eigenvalue weighted by molar-refractivity contribution is -0.605. The average Bonchev–Trinajstić information content (AvgIpc) is 2.29. The summed E-state index contributed by atoms with van der Waals surface area (Å²) in [6.07, 6.45) is 0. The Labute approximate surface area is 104 Å². The fourth-order valence-electron chi connectivity index (χ4n) is 1.83. The fourth-order valence-corrected chi connectivity index (χ4v) is 1.83. The van der Waals surface area contributed by atoms with Gasteiger partial charge in [0, 0.05) is 10.5 Å². The molecule has 0 amide bonds. The number of ether oxygens (including phenoxy) is 2. The van der Waals surface area contributed by atoms with Gasteiger partial charge in [-0.3, -0.25) is 10.1 Å². The zero-order chi connectivity index (χ0) is 13.4. The molecule has 0 bridgehead atoms. The van der Waals surface area contributed by atoms with Crippen LogP contribution in [-0.4, -0.2) is 23.9 Å². The summed E-state index contributed by atoms with van der Waals surface area (Å²) in [7, 11) is 0. The minimum atomic E-state index is -1.54. The third kappa shape index (κ3) is 2.21. The summed E-state index contributed by atoms with van der Waals surface area (Å²) in [5.74, 6) is -1.37. The van der Waals surface area contributed by atoms with Gasteiger partial charge in [-0.2, -0.15) is 0 Å². The molecule has 1 fully saturated rings. The lowest BCUT2D eigenvalue weighted by Gasteiger charge is -2.38. The molecular weight excluding hydrogens is 241 g/mol. The van der Waals surface area contributed by atoms with E-state index in [0.717, 1.165) is 6.07 Å². The van der Waals surface area contributed by atoms with Gasteiger partial charge in [-0.05, 0) is 26.0 Å². The maximum Gasteiger partial charge on any atom is 0.293 e. The average molecular weight is 255 g/mol. The van der Waals surface area contributed by atoms with E-state index in [-0.39, 0.29) is 18.8 Å². The molecule has 18 heavy (non-hydrogen) atoms. The van der Waals surface area contributed by atoms with Crippen LogP contribution < -0.4 is 0 Å². The SMILES string of the molecule is CC1(C)OCC(c2cccc(F)c2)([N+](=O)[O-])CO1. The summed E-state index contributed by atoms with van der Waals surface area (Å²) in [4.78, 5) is 10.8. The third-order valence-corrected chi connectivity index (χ3v) is 3.03. The molecule has 1 aromatic rings. The number of hydrogen-bond acceptors (Lipinski definition) is 4. The Balaban J connectivity index is 2.38. The van der Waals surface area contributed by atoms with Crippen LogP contribution in [0.1, 0.15) is 19.4 Å². The van der Waals surface area contributed by atoms with Crippen LogP contribution in [0.4, 0.5) is 4.39 Å². The molecule has 2 rings (SSSR count). The quantitative estimate of drug-likeness (QED) is 0.599. The Morgan fingerprint density at radius 1 is 1.33 bits per heavy atom. The molecule has 0 unspecified atom stereocenters. The maximum absolute atomic E-state index is 13.2. The highest BCUT2D eigenvalue weighted by molar-refractivity contribution is 5.24. The van der Waals surface area contributed by atoms with Crippen molar-refractivity contribution in [2.24, 2.45) is 0 Å². The first-order chi connectivity index (χ1) is 8.36. The number of rotatable bonds is 2. The molecule has 0 aliphatic carbocycles. The maximum atomic E-state index is 13.2. The van der Waals surface area contributed by atoms with Crippen LogP contribution in [0.15, 0.2) is 24.3 Å². The Morgan fingerprint density at radius 2 is 1.94 bits per heavy atom. The monoisotopic (exact) mass is 255 g/mol. The molecule has 1 aromatic carbocycles. The largest absolute Gasteiger partial charge is 0.343 e. The molecule has 1 aliphatic heterocycles. The molecule has 5 nitrogen and oxygen atoms in total. The molecule has 0 radical (unpaired) electrons. The summed E-state index contributed by atoms with van der Waals surface area (Å²) in [5, 5.41) is 11.3. The van der Waals surface area contributed by atoms with Gasteiger partial charge in [0.25, 0.3) is 5.54 Å². The molecule has 0 saturated carbocycles. The van der Waals surface area contributed by atoms with Crippen molar-refractivity contribution in [2.45, 2.75) is 25.2 Å². The van der Waals surface area contributed by atoms with E-state index in [9.17, 15) is 14.5 Å². The normalized spacial score (nSPS) is 21.5. The molecular formula is C12H14FNO4. The predicted molar refractivity (Wildman–Crippen MR) is 61.1 cm³/mol. The molecule has 1 saturated heterocycles. The zero-order valence-corrected chi connectivity index (χ0v) is 10.2. The van der Waals surface area contributed by atoms with Gasteiger partial charge in [0.05, 0.1) is 0 Å². The minimum absolute atomic E-state index is 0.142. The molecule has 1 heterocycles. The van der Waals surface area contributed by atoms with E-state index >= 15 is 0 Å². The van der Waals surface area contributed by atoms with E-state index in [1.807, 2.05) is 0 Å². The highest BCUT2D eigenvalue weighted by Gasteiger charge is 2.51. The van der Waals surface area contributed by atoms with E-state index in [2.05, 4.69) is 0 Å². The molecule has 0 spiro atoms. The summed E-state index contributed by atoms with van der Waals surface area (Å²) in [6.45, 7) is 3.08. The number of nitrogens with zero attached hydrogens (tertiary/aromatic N) is 1. The smallest absolute Gasteiger partial charge is 0.293 e. The van der Waals surface area contributed by atoms with Crippen LogP contribution in [0, 0.1) is 15.9 Å². The highest BCUT2D eigenvalue weighted by Crippen LogP contribution is 2.33. The minimum Gasteiger partial charge on any atom is -0.343 e. The van der Waals surface area contributed by atoms with Crippen molar-refractivity contribution in [3.63, 3.8) is 0 Å². The van der Waals surface area contributed by atoms with E-state index in [0.29, 0.717) is 0 Å². The van der Waals surface area contributed by atoms with Gasteiger partial charge >= 0.3 is 0 Å². The second-order valence-electron chi connectivity index (χ2n) is 4.78. The molecule has 1 aliphatic rings. The lowest BCUT2D eigenvalue weighted by atomic mass is 9.91. The number of halogens is 1. The van der Waals surface area contributed by atoms with Crippen LogP contribution in [0.3, 0.4) is 0 Å². The van der Waals surface area contributed by atoms with Crippen molar-refractivity contribution in [1.82, 2.24) is 0 Å².